The highest BCUT2D eigenvalue weighted by atomic mass is 35.5. The lowest BCUT2D eigenvalue weighted by Crippen LogP contribution is -2.28. The molecule has 10 heteroatoms. The molecule has 4 rings (SSSR count). The highest BCUT2D eigenvalue weighted by Gasteiger charge is 2.23. The first-order valence-electron chi connectivity index (χ1n) is 11.2. The van der Waals surface area contributed by atoms with E-state index in [-0.39, 0.29) is 16.3 Å². The van der Waals surface area contributed by atoms with E-state index in [1.54, 1.807) is 18.7 Å². The van der Waals surface area contributed by atoms with Crippen molar-refractivity contribution in [1.29, 1.82) is 0 Å². The van der Waals surface area contributed by atoms with E-state index in [0.717, 1.165) is 11.3 Å². The number of nitro groups is 1. The number of aromatic nitrogens is 3. The number of amides is 1. The molecule has 3 aromatic carbocycles. The molecule has 0 fully saturated rings. The highest BCUT2D eigenvalue weighted by molar-refractivity contribution is 7.98. The number of benzene rings is 3. The minimum Gasteiger partial charge on any atom is -0.342 e. The number of hydrogen-bond donors (Lipinski definition) is 1. The van der Waals surface area contributed by atoms with Crippen molar-refractivity contribution in [2.45, 2.75) is 37.7 Å². The second-order valence-corrected chi connectivity index (χ2v) is 9.70. The fourth-order valence-electron chi connectivity index (χ4n) is 3.64. The molecule has 1 N–H and O–H groups in total. The molecule has 1 atom stereocenters. The van der Waals surface area contributed by atoms with Gasteiger partial charge in [0.1, 0.15) is 5.02 Å². The number of carbonyl (C=O) groups excluding carboxylic acids is 1. The third kappa shape index (κ3) is 5.58. The van der Waals surface area contributed by atoms with Crippen LogP contribution in [-0.4, -0.2) is 25.6 Å². The van der Waals surface area contributed by atoms with Crippen molar-refractivity contribution in [2.75, 3.05) is 0 Å². The van der Waals surface area contributed by atoms with Gasteiger partial charge in [0.25, 0.3) is 11.6 Å². The zero-order chi connectivity index (χ0) is 25.8. The summed E-state index contributed by atoms with van der Waals surface area (Å²) >= 11 is 7.45. The van der Waals surface area contributed by atoms with Crippen LogP contribution in [0.2, 0.25) is 5.02 Å². The first-order chi connectivity index (χ1) is 17.2. The number of nitrogens with zero attached hydrogens (tertiary/aromatic N) is 4. The number of aryl methyl sites for hydroxylation is 2. The second kappa shape index (κ2) is 10.9. The van der Waals surface area contributed by atoms with E-state index in [0.29, 0.717) is 16.7 Å². The number of carbonyl (C=O) groups is 1. The van der Waals surface area contributed by atoms with Crippen molar-refractivity contribution >= 4 is 35.0 Å². The van der Waals surface area contributed by atoms with Gasteiger partial charge in [0.2, 0.25) is 0 Å². The summed E-state index contributed by atoms with van der Waals surface area (Å²) < 4.78 is 1.93. The summed E-state index contributed by atoms with van der Waals surface area (Å²) in [6.07, 6.45) is 0. The van der Waals surface area contributed by atoms with E-state index in [2.05, 4.69) is 34.6 Å². The molecule has 36 heavy (non-hydrogen) atoms. The normalized spacial score (nSPS) is 11.8. The molecule has 0 aliphatic rings. The summed E-state index contributed by atoms with van der Waals surface area (Å²) in [5.74, 6) is 0.782. The minimum atomic E-state index is -0.617. The largest absolute Gasteiger partial charge is 0.342 e. The van der Waals surface area contributed by atoms with Crippen molar-refractivity contribution in [1.82, 2.24) is 20.1 Å². The van der Waals surface area contributed by atoms with E-state index in [4.69, 9.17) is 11.6 Å². The summed E-state index contributed by atoms with van der Waals surface area (Å²) in [6.45, 7) is 5.89. The molecule has 8 nitrogen and oxygen atoms in total. The van der Waals surface area contributed by atoms with Crippen LogP contribution in [-0.2, 0) is 5.75 Å². The summed E-state index contributed by atoms with van der Waals surface area (Å²) in [6, 6.07) is 19.6. The molecule has 0 spiro atoms. The van der Waals surface area contributed by atoms with E-state index < -0.39 is 16.9 Å². The van der Waals surface area contributed by atoms with Crippen LogP contribution in [0.15, 0.2) is 71.9 Å². The lowest BCUT2D eigenvalue weighted by atomic mass is 10.1. The summed E-state index contributed by atoms with van der Waals surface area (Å²) in [4.78, 5) is 23.5. The maximum absolute atomic E-state index is 12.9. The molecule has 4 aromatic rings. The Kier molecular flexibility index (Phi) is 7.71. The molecule has 1 aromatic heterocycles. The van der Waals surface area contributed by atoms with Crippen LogP contribution >= 0.6 is 23.4 Å². The highest BCUT2D eigenvalue weighted by Crippen LogP contribution is 2.29. The quantitative estimate of drug-likeness (QED) is 0.167. The van der Waals surface area contributed by atoms with Crippen LogP contribution in [0.4, 0.5) is 5.69 Å². The van der Waals surface area contributed by atoms with Gasteiger partial charge in [0.15, 0.2) is 11.0 Å². The minimum absolute atomic E-state index is 0.0287. The van der Waals surface area contributed by atoms with Crippen molar-refractivity contribution in [3.05, 3.63) is 110 Å². The predicted octanol–water partition coefficient (Wildman–Crippen LogP) is 6.23. The second-order valence-electron chi connectivity index (χ2n) is 8.35. The first kappa shape index (κ1) is 25.4. The van der Waals surface area contributed by atoms with Crippen LogP contribution in [0, 0.1) is 24.0 Å². The molecule has 0 aliphatic carbocycles. The average molecular weight is 522 g/mol. The molecule has 0 saturated carbocycles. The van der Waals surface area contributed by atoms with Crippen molar-refractivity contribution in [2.24, 2.45) is 0 Å². The zero-order valence-corrected chi connectivity index (χ0v) is 21.5. The van der Waals surface area contributed by atoms with E-state index in [1.165, 1.54) is 29.3 Å². The van der Waals surface area contributed by atoms with Crippen molar-refractivity contribution in [3.63, 3.8) is 0 Å². The Hall–Kier alpha value is -3.69. The van der Waals surface area contributed by atoms with Crippen LogP contribution in [0.1, 0.15) is 45.8 Å². The van der Waals surface area contributed by atoms with E-state index in [1.807, 2.05) is 47.9 Å². The maximum atomic E-state index is 12.9. The number of nitrogens with one attached hydrogen (secondary N) is 1. The Balaban J connectivity index is 1.63. The standard InChI is InChI=1S/C26H24ClN5O3S/c1-16-8-11-21(12-9-16)31-24(29-30-26(31)36-15-20-7-5-4-6-17(20)2)18(3)28-25(33)19-10-13-22(27)23(14-19)32(34)35/h4-14,18H,15H2,1-3H3,(H,28,33). The topological polar surface area (TPSA) is 103 Å². The van der Waals surface area contributed by atoms with Gasteiger partial charge >= 0.3 is 0 Å². The molecule has 184 valence electrons. The lowest BCUT2D eigenvalue weighted by Gasteiger charge is -2.17. The number of nitro benzene ring substituents is 1. The van der Waals surface area contributed by atoms with E-state index in [9.17, 15) is 14.9 Å². The molecule has 1 amide bonds. The van der Waals surface area contributed by atoms with Gasteiger partial charge in [0.05, 0.1) is 11.0 Å². The van der Waals surface area contributed by atoms with Crippen molar-refractivity contribution < 1.29 is 9.72 Å². The molecule has 0 bridgehead atoms. The Labute approximate surface area is 217 Å². The molecule has 1 heterocycles. The van der Waals surface area contributed by atoms with Gasteiger partial charge in [-0.2, -0.15) is 0 Å². The van der Waals surface area contributed by atoms with Gasteiger partial charge in [-0.3, -0.25) is 19.5 Å². The fraction of sp³-hybridized carbons (Fsp3) is 0.192. The van der Waals surface area contributed by atoms with Gasteiger partial charge in [0, 0.05) is 23.1 Å². The van der Waals surface area contributed by atoms with Gasteiger partial charge in [-0.1, -0.05) is 65.3 Å². The summed E-state index contributed by atoms with van der Waals surface area (Å²) in [7, 11) is 0. The van der Waals surface area contributed by atoms with Crippen molar-refractivity contribution in [3.8, 4) is 5.69 Å². The third-order valence-electron chi connectivity index (χ3n) is 5.71. The predicted molar refractivity (Wildman–Crippen MR) is 141 cm³/mol. The molecule has 0 aliphatic heterocycles. The van der Waals surface area contributed by atoms with Crippen LogP contribution in [0.25, 0.3) is 5.69 Å². The van der Waals surface area contributed by atoms with Crippen LogP contribution < -0.4 is 5.32 Å². The van der Waals surface area contributed by atoms with Gasteiger partial charge in [-0.25, -0.2) is 0 Å². The SMILES string of the molecule is Cc1ccc(-n2c(SCc3ccccc3C)nnc2C(C)NC(=O)c2ccc(Cl)c([N+](=O)[O-])c2)cc1. The monoisotopic (exact) mass is 521 g/mol. The zero-order valence-electron chi connectivity index (χ0n) is 19.9. The number of rotatable bonds is 8. The fourth-order valence-corrected chi connectivity index (χ4v) is 4.87. The van der Waals surface area contributed by atoms with Gasteiger partial charge in [-0.05, 0) is 56.2 Å². The average Bonchev–Trinajstić information content (AvgIpc) is 3.28. The molecular weight excluding hydrogens is 498 g/mol. The Morgan fingerprint density at radius 2 is 1.83 bits per heavy atom. The number of thioether (sulfide) groups is 1. The summed E-state index contributed by atoms with van der Waals surface area (Å²) in [5.41, 5.74) is 4.20. The van der Waals surface area contributed by atoms with Crippen LogP contribution in [0.5, 0.6) is 0 Å². The lowest BCUT2D eigenvalue weighted by molar-refractivity contribution is -0.384. The smallest absolute Gasteiger partial charge is 0.288 e. The molecule has 1 unspecified atom stereocenters. The van der Waals surface area contributed by atoms with Gasteiger partial charge < -0.3 is 5.32 Å². The van der Waals surface area contributed by atoms with E-state index >= 15 is 0 Å². The Bertz CT molecular complexity index is 1420. The third-order valence-corrected chi connectivity index (χ3v) is 7.01. The number of halogens is 1. The summed E-state index contributed by atoms with van der Waals surface area (Å²) in [5, 5.41) is 23.6. The van der Waals surface area contributed by atoms with Crippen LogP contribution in [0.3, 0.4) is 0 Å². The molecule has 0 saturated heterocycles. The first-order valence-corrected chi connectivity index (χ1v) is 12.6. The molecule has 0 radical (unpaired) electrons. The number of hydrogen-bond acceptors (Lipinski definition) is 6. The van der Waals surface area contributed by atoms with Gasteiger partial charge in [-0.15, -0.1) is 10.2 Å². The Morgan fingerprint density at radius 3 is 2.53 bits per heavy atom. The maximum Gasteiger partial charge on any atom is 0.288 e. The Morgan fingerprint density at radius 1 is 1.11 bits per heavy atom. The molecular formula is C26H24ClN5O3S.